The smallest absolute Gasteiger partial charge is 0.309 e. The molecule has 2 aromatic carbocycles. The molecule has 1 N–H and O–H groups in total. The fraction of sp³-hybridized carbons (Fsp3) is 0.333. The van der Waals surface area contributed by atoms with E-state index in [9.17, 15) is 14.7 Å². The highest BCUT2D eigenvalue weighted by molar-refractivity contribution is 6.00. The van der Waals surface area contributed by atoms with E-state index in [2.05, 4.69) is 0 Å². The van der Waals surface area contributed by atoms with Crippen LogP contribution in [0.25, 0.3) is 11.1 Å². The van der Waals surface area contributed by atoms with Crippen molar-refractivity contribution in [1.29, 1.82) is 0 Å². The molecule has 0 aliphatic rings. The number of rotatable bonds is 6. The van der Waals surface area contributed by atoms with Crippen LogP contribution in [0.2, 0.25) is 0 Å². The molecule has 2 aromatic rings. The lowest BCUT2D eigenvalue weighted by Crippen LogP contribution is -2.35. The number of carboxylic acids is 1. The zero-order valence-electron chi connectivity index (χ0n) is 14.7. The lowest BCUT2D eigenvalue weighted by Gasteiger charge is -2.31. The standard InChI is InChI=1S/C21H24O3/c1-20(2,14-21(3,4)19(23)24)18(22)17-12-10-16(11-13-17)15-8-6-5-7-9-15/h5-13H,14H2,1-4H3,(H,23,24). The summed E-state index contributed by atoms with van der Waals surface area (Å²) in [6, 6.07) is 17.5. The molecule has 0 amide bonds. The second kappa shape index (κ2) is 6.60. The van der Waals surface area contributed by atoms with Crippen LogP contribution in [0.3, 0.4) is 0 Å². The molecule has 0 aromatic heterocycles. The van der Waals surface area contributed by atoms with Crippen molar-refractivity contribution in [2.45, 2.75) is 34.1 Å². The molecule has 0 radical (unpaired) electrons. The summed E-state index contributed by atoms with van der Waals surface area (Å²) in [7, 11) is 0. The molecular weight excluding hydrogens is 300 g/mol. The molecule has 0 fully saturated rings. The zero-order chi connectivity index (χ0) is 18.0. The van der Waals surface area contributed by atoms with Gasteiger partial charge in [0, 0.05) is 11.0 Å². The number of benzene rings is 2. The quantitative estimate of drug-likeness (QED) is 0.755. The normalized spacial score (nSPS) is 12.0. The molecule has 0 atom stereocenters. The van der Waals surface area contributed by atoms with Crippen molar-refractivity contribution >= 4 is 11.8 Å². The summed E-state index contributed by atoms with van der Waals surface area (Å²) in [5.41, 5.74) is 1.08. The largest absolute Gasteiger partial charge is 0.481 e. The lowest BCUT2D eigenvalue weighted by molar-refractivity contribution is -0.148. The van der Waals surface area contributed by atoms with E-state index in [0.717, 1.165) is 11.1 Å². The van der Waals surface area contributed by atoms with Crippen molar-refractivity contribution in [2.24, 2.45) is 10.8 Å². The summed E-state index contributed by atoms with van der Waals surface area (Å²) in [5.74, 6) is -0.917. The van der Waals surface area contributed by atoms with E-state index in [0.29, 0.717) is 5.56 Å². The Morgan fingerprint density at radius 1 is 0.792 bits per heavy atom. The summed E-state index contributed by atoms with van der Waals surface area (Å²) in [5, 5.41) is 9.31. The molecule has 0 spiro atoms. The number of hydrogen-bond donors (Lipinski definition) is 1. The van der Waals surface area contributed by atoms with Gasteiger partial charge in [0.05, 0.1) is 5.41 Å². The Morgan fingerprint density at radius 2 is 1.29 bits per heavy atom. The van der Waals surface area contributed by atoms with Gasteiger partial charge in [-0.3, -0.25) is 9.59 Å². The van der Waals surface area contributed by atoms with Gasteiger partial charge in [-0.1, -0.05) is 68.4 Å². The average molecular weight is 324 g/mol. The van der Waals surface area contributed by atoms with Crippen LogP contribution < -0.4 is 0 Å². The van der Waals surface area contributed by atoms with E-state index in [1.807, 2.05) is 68.4 Å². The van der Waals surface area contributed by atoms with Crippen molar-refractivity contribution < 1.29 is 14.7 Å². The molecule has 0 unspecified atom stereocenters. The third-order valence-corrected chi connectivity index (χ3v) is 4.33. The Bertz CT molecular complexity index is 725. The summed E-state index contributed by atoms with van der Waals surface area (Å²) >= 11 is 0. The summed E-state index contributed by atoms with van der Waals surface area (Å²) in [6.07, 6.45) is 0.286. The number of carboxylic acid groups (broad SMARTS) is 1. The summed E-state index contributed by atoms with van der Waals surface area (Å²) < 4.78 is 0. The second-order valence-electron chi connectivity index (χ2n) is 7.52. The van der Waals surface area contributed by atoms with Crippen LogP contribution in [0, 0.1) is 10.8 Å². The molecule has 126 valence electrons. The predicted octanol–water partition coefficient (Wildman–Crippen LogP) is 5.06. The Labute approximate surface area is 143 Å². The Kier molecular flexibility index (Phi) is 4.93. The van der Waals surface area contributed by atoms with Crippen molar-refractivity contribution in [1.82, 2.24) is 0 Å². The van der Waals surface area contributed by atoms with Gasteiger partial charge in [0.2, 0.25) is 0 Å². The number of carbonyl (C=O) groups excluding carboxylic acids is 1. The highest BCUT2D eigenvalue weighted by Crippen LogP contribution is 2.36. The van der Waals surface area contributed by atoms with Gasteiger partial charge >= 0.3 is 5.97 Å². The fourth-order valence-corrected chi connectivity index (χ4v) is 3.10. The minimum atomic E-state index is -0.941. The first-order chi connectivity index (χ1) is 11.1. The number of aliphatic carboxylic acids is 1. The third-order valence-electron chi connectivity index (χ3n) is 4.33. The Balaban J connectivity index is 2.22. The second-order valence-corrected chi connectivity index (χ2v) is 7.52. The van der Waals surface area contributed by atoms with Crippen molar-refractivity contribution in [3.63, 3.8) is 0 Å². The van der Waals surface area contributed by atoms with Gasteiger partial charge in [-0.15, -0.1) is 0 Å². The first kappa shape index (κ1) is 17.9. The van der Waals surface area contributed by atoms with Crippen LogP contribution in [0.5, 0.6) is 0 Å². The van der Waals surface area contributed by atoms with E-state index in [-0.39, 0.29) is 12.2 Å². The van der Waals surface area contributed by atoms with Gasteiger partial charge in [0.15, 0.2) is 5.78 Å². The van der Waals surface area contributed by atoms with Crippen molar-refractivity contribution in [2.75, 3.05) is 0 Å². The van der Waals surface area contributed by atoms with Gasteiger partial charge < -0.3 is 5.11 Å². The van der Waals surface area contributed by atoms with Crippen LogP contribution in [0.4, 0.5) is 0 Å². The maximum atomic E-state index is 12.8. The maximum Gasteiger partial charge on any atom is 0.309 e. The monoisotopic (exact) mass is 324 g/mol. The SMILES string of the molecule is CC(C)(CC(C)(C)C(=O)c1ccc(-c2ccccc2)cc1)C(=O)O. The highest BCUT2D eigenvalue weighted by Gasteiger charge is 2.39. The van der Waals surface area contributed by atoms with E-state index < -0.39 is 16.8 Å². The zero-order valence-corrected chi connectivity index (χ0v) is 14.7. The lowest BCUT2D eigenvalue weighted by atomic mass is 9.71. The topological polar surface area (TPSA) is 54.4 Å². The van der Waals surface area contributed by atoms with Crippen LogP contribution in [-0.2, 0) is 4.79 Å². The molecule has 0 saturated carbocycles. The van der Waals surface area contributed by atoms with Gasteiger partial charge in [-0.2, -0.15) is 0 Å². The highest BCUT2D eigenvalue weighted by atomic mass is 16.4. The van der Waals surface area contributed by atoms with E-state index in [1.165, 1.54) is 0 Å². The average Bonchev–Trinajstić information content (AvgIpc) is 2.54. The van der Waals surface area contributed by atoms with Crippen LogP contribution >= 0.6 is 0 Å². The number of hydrogen-bond acceptors (Lipinski definition) is 2. The minimum Gasteiger partial charge on any atom is -0.481 e. The van der Waals surface area contributed by atoms with Gasteiger partial charge in [-0.05, 0) is 31.4 Å². The van der Waals surface area contributed by atoms with E-state index >= 15 is 0 Å². The van der Waals surface area contributed by atoms with Crippen molar-refractivity contribution in [3.8, 4) is 11.1 Å². The molecule has 0 aliphatic heterocycles. The van der Waals surface area contributed by atoms with Crippen LogP contribution in [0.15, 0.2) is 54.6 Å². The first-order valence-corrected chi connectivity index (χ1v) is 8.07. The predicted molar refractivity (Wildman–Crippen MR) is 96.0 cm³/mol. The van der Waals surface area contributed by atoms with Crippen LogP contribution in [-0.4, -0.2) is 16.9 Å². The molecule has 24 heavy (non-hydrogen) atoms. The molecule has 0 saturated heterocycles. The number of carbonyl (C=O) groups is 2. The van der Waals surface area contributed by atoms with Gasteiger partial charge in [0.1, 0.15) is 0 Å². The van der Waals surface area contributed by atoms with Crippen molar-refractivity contribution in [3.05, 3.63) is 60.2 Å². The van der Waals surface area contributed by atoms with Crippen LogP contribution in [0.1, 0.15) is 44.5 Å². The summed E-state index contributed by atoms with van der Waals surface area (Å²) in [6.45, 7) is 6.93. The third kappa shape index (κ3) is 3.91. The molecule has 0 bridgehead atoms. The molecular formula is C21H24O3. The number of ketones is 1. The minimum absolute atomic E-state index is 0.0311. The molecule has 3 nitrogen and oxygen atoms in total. The summed E-state index contributed by atoms with van der Waals surface area (Å²) in [4.78, 5) is 24.2. The first-order valence-electron chi connectivity index (χ1n) is 8.07. The van der Waals surface area contributed by atoms with E-state index in [4.69, 9.17) is 0 Å². The Morgan fingerprint density at radius 3 is 1.79 bits per heavy atom. The van der Waals surface area contributed by atoms with Gasteiger partial charge in [-0.25, -0.2) is 0 Å². The molecule has 3 heteroatoms. The van der Waals surface area contributed by atoms with Gasteiger partial charge in [0.25, 0.3) is 0 Å². The fourth-order valence-electron chi connectivity index (χ4n) is 3.10. The Hall–Kier alpha value is -2.42. The van der Waals surface area contributed by atoms with E-state index in [1.54, 1.807) is 13.8 Å². The molecule has 2 rings (SSSR count). The maximum absolute atomic E-state index is 12.8. The number of Topliss-reactive ketones (excluding diaryl/α,β-unsaturated/α-hetero) is 1. The molecule has 0 aliphatic carbocycles. The molecule has 0 heterocycles.